The van der Waals surface area contributed by atoms with Crippen LogP contribution in [0.25, 0.3) is 0 Å². The second kappa shape index (κ2) is 3.27. The van der Waals surface area contributed by atoms with Crippen LogP contribution in [0.15, 0.2) is 11.1 Å². The molecule has 11 heavy (non-hydrogen) atoms. The van der Waals surface area contributed by atoms with Crippen LogP contribution in [0, 0.1) is 0 Å². The van der Waals surface area contributed by atoms with E-state index >= 15 is 0 Å². The molecular formula is C7H8Br2O2. The first kappa shape index (κ1) is 9.26. The van der Waals surface area contributed by atoms with Gasteiger partial charge in [0.1, 0.15) is 9.84 Å². The molecule has 0 radical (unpaired) electrons. The van der Waals surface area contributed by atoms with E-state index in [2.05, 4.69) is 31.9 Å². The number of halogens is 2. The third-order valence-corrected chi connectivity index (χ3v) is 2.75. The summed E-state index contributed by atoms with van der Waals surface area (Å²) in [6, 6.07) is 0. The van der Waals surface area contributed by atoms with E-state index in [9.17, 15) is 4.79 Å². The lowest BCUT2D eigenvalue weighted by molar-refractivity contribution is -0.139. The molecule has 0 saturated carbocycles. The minimum atomic E-state index is -0.212. The van der Waals surface area contributed by atoms with Crippen LogP contribution in [0.5, 0.6) is 0 Å². The predicted octanol–water partition coefficient (Wildman–Crippen LogP) is 2.36. The molecule has 0 aromatic heterocycles. The Morgan fingerprint density at radius 1 is 1.45 bits per heavy atom. The quantitative estimate of drug-likeness (QED) is 0.546. The number of carbonyl (C=O) groups is 1. The maximum Gasteiger partial charge on any atom is 0.334 e. The van der Waals surface area contributed by atoms with Crippen LogP contribution >= 0.6 is 31.9 Å². The van der Waals surface area contributed by atoms with E-state index in [1.807, 2.05) is 6.92 Å². The first-order valence-electron chi connectivity index (χ1n) is 3.20. The van der Waals surface area contributed by atoms with Crippen molar-refractivity contribution in [3.05, 3.63) is 11.1 Å². The number of carbonyl (C=O) groups excluding carboxylic acids is 1. The summed E-state index contributed by atoms with van der Waals surface area (Å²) in [6.07, 6.45) is -0.150. The summed E-state index contributed by atoms with van der Waals surface area (Å²) in [6.45, 7) is 3.68. The topological polar surface area (TPSA) is 26.3 Å². The summed E-state index contributed by atoms with van der Waals surface area (Å²) in [5, 5.41) is 0. The normalized spacial score (nSPS) is 24.8. The number of hydrogen-bond donors (Lipinski definition) is 0. The number of esters is 1. The van der Waals surface area contributed by atoms with Crippen LogP contribution in [0.2, 0.25) is 0 Å². The van der Waals surface area contributed by atoms with Gasteiger partial charge >= 0.3 is 5.97 Å². The monoisotopic (exact) mass is 282 g/mol. The Kier molecular flexibility index (Phi) is 2.75. The molecule has 1 unspecified atom stereocenters. The number of rotatable bonds is 1. The van der Waals surface area contributed by atoms with Crippen LogP contribution in [0.4, 0.5) is 0 Å². The van der Waals surface area contributed by atoms with Crippen molar-refractivity contribution in [3.63, 3.8) is 0 Å². The molecule has 1 heterocycles. The average molecular weight is 284 g/mol. The van der Waals surface area contributed by atoms with Gasteiger partial charge < -0.3 is 4.74 Å². The molecule has 0 N–H and O–H groups in total. The van der Waals surface area contributed by atoms with Gasteiger partial charge in [0.25, 0.3) is 0 Å². The highest BCUT2D eigenvalue weighted by Crippen LogP contribution is 2.30. The van der Waals surface area contributed by atoms with E-state index in [4.69, 9.17) is 4.74 Å². The van der Waals surface area contributed by atoms with Crippen molar-refractivity contribution in [3.8, 4) is 0 Å². The molecule has 0 spiro atoms. The molecule has 1 aliphatic rings. The number of ether oxygens (including phenoxy) is 1. The highest BCUT2D eigenvalue weighted by atomic mass is 79.9. The van der Waals surface area contributed by atoms with Crippen molar-refractivity contribution < 1.29 is 9.53 Å². The fraction of sp³-hybridized carbons (Fsp3) is 0.571. The Morgan fingerprint density at radius 2 is 2.00 bits per heavy atom. The second-order valence-corrected chi connectivity index (χ2v) is 5.67. The van der Waals surface area contributed by atoms with Crippen molar-refractivity contribution in [2.75, 3.05) is 0 Å². The molecule has 0 amide bonds. The summed E-state index contributed by atoms with van der Waals surface area (Å²) in [7, 11) is 0. The largest absolute Gasteiger partial charge is 0.452 e. The van der Waals surface area contributed by atoms with Gasteiger partial charge in [-0.25, -0.2) is 4.79 Å². The Hall–Kier alpha value is 0.170. The van der Waals surface area contributed by atoms with Gasteiger partial charge in [0.2, 0.25) is 0 Å². The summed E-state index contributed by atoms with van der Waals surface area (Å²) in [5.74, 6) is -0.212. The molecule has 1 aliphatic heterocycles. The van der Waals surface area contributed by atoms with Gasteiger partial charge in [-0.15, -0.1) is 0 Å². The maximum atomic E-state index is 11.0. The van der Waals surface area contributed by atoms with Crippen LogP contribution in [-0.2, 0) is 9.53 Å². The molecule has 0 saturated heterocycles. The molecule has 0 aliphatic carbocycles. The highest BCUT2D eigenvalue weighted by molar-refractivity contribution is 9.24. The SMILES string of the molecule is CC1=C(C)C(C(Br)Br)OC1=O. The second-order valence-electron chi connectivity index (χ2n) is 2.47. The third kappa shape index (κ3) is 1.67. The molecule has 1 rings (SSSR count). The number of hydrogen-bond acceptors (Lipinski definition) is 2. The minimum Gasteiger partial charge on any atom is -0.452 e. The first-order chi connectivity index (χ1) is 5.04. The fourth-order valence-corrected chi connectivity index (χ4v) is 1.92. The standard InChI is InChI=1S/C7H8Br2O2/c1-3-4(2)7(10)11-5(3)6(8)9/h5-6H,1-2H3. The lowest BCUT2D eigenvalue weighted by Gasteiger charge is -2.11. The van der Waals surface area contributed by atoms with E-state index in [1.54, 1.807) is 6.92 Å². The van der Waals surface area contributed by atoms with Crippen molar-refractivity contribution in [2.45, 2.75) is 23.7 Å². The fourth-order valence-electron chi connectivity index (χ4n) is 0.907. The molecule has 0 aromatic rings. The zero-order valence-electron chi connectivity index (χ0n) is 6.23. The van der Waals surface area contributed by atoms with Crippen molar-refractivity contribution in [1.82, 2.24) is 0 Å². The molecule has 4 heteroatoms. The lowest BCUT2D eigenvalue weighted by Crippen LogP contribution is -2.17. The first-order valence-corrected chi connectivity index (χ1v) is 5.03. The summed E-state index contributed by atoms with van der Waals surface area (Å²) >= 11 is 6.60. The van der Waals surface area contributed by atoms with Gasteiger partial charge in [0, 0.05) is 5.57 Å². The Morgan fingerprint density at radius 3 is 2.18 bits per heavy atom. The molecule has 2 nitrogen and oxygen atoms in total. The van der Waals surface area contributed by atoms with Crippen molar-refractivity contribution in [1.29, 1.82) is 0 Å². The van der Waals surface area contributed by atoms with E-state index in [1.165, 1.54) is 0 Å². The lowest BCUT2D eigenvalue weighted by atomic mass is 10.1. The Labute approximate surface area is 82.2 Å². The zero-order chi connectivity index (χ0) is 8.59. The molecule has 0 bridgehead atoms. The molecular weight excluding hydrogens is 276 g/mol. The van der Waals surface area contributed by atoms with Crippen molar-refractivity contribution >= 4 is 37.8 Å². The van der Waals surface area contributed by atoms with Gasteiger partial charge in [-0.1, -0.05) is 31.9 Å². The van der Waals surface area contributed by atoms with Crippen LogP contribution in [0.1, 0.15) is 13.8 Å². The zero-order valence-corrected chi connectivity index (χ0v) is 9.40. The van der Waals surface area contributed by atoms with E-state index in [-0.39, 0.29) is 15.8 Å². The van der Waals surface area contributed by atoms with Crippen LogP contribution in [0.3, 0.4) is 0 Å². The van der Waals surface area contributed by atoms with Gasteiger partial charge in [-0.2, -0.15) is 0 Å². The predicted molar refractivity (Wildman–Crippen MR) is 49.9 cm³/mol. The van der Waals surface area contributed by atoms with Crippen molar-refractivity contribution in [2.24, 2.45) is 0 Å². The Balaban J connectivity index is 2.86. The summed E-state index contributed by atoms with van der Waals surface area (Å²) in [4.78, 5) is 11.0. The van der Waals surface area contributed by atoms with Gasteiger partial charge in [-0.3, -0.25) is 0 Å². The van der Waals surface area contributed by atoms with Crippen LogP contribution in [-0.4, -0.2) is 15.8 Å². The minimum absolute atomic E-state index is 0.0106. The molecule has 0 aromatic carbocycles. The number of alkyl halides is 2. The van der Waals surface area contributed by atoms with Gasteiger partial charge in [0.05, 0.1) is 0 Å². The van der Waals surface area contributed by atoms with Gasteiger partial charge in [-0.05, 0) is 19.4 Å². The summed E-state index contributed by atoms with van der Waals surface area (Å²) in [5.41, 5.74) is 1.72. The number of cyclic esters (lactones) is 1. The van der Waals surface area contributed by atoms with E-state index in [0.29, 0.717) is 0 Å². The maximum absolute atomic E-state index is 11.0. The van der Waals surface area contributed by atoms with E-state index in [0.717, 1.165) is 11.1 Å². The molecule has 62 valence electrons. The smallest absolute Gasteiger partial charge is 0.334 e. The Bertz CT molecular complexity index is 220. The average Bonchev–Trinajstić information content (AvgIpc) is 2.17. The molecule has 0 fully saturated rings. The van der Waals surface area contributed by atoms with E-state index < -0.39 is 0 Å². The summed E-state index contributed by atoms with van der Waals surface area (Å²) < 4.78 is 5.05. The molecule has 1 atom stereocenters. The van der Waals surface area contributed by atoms with Gasteiger partial charge in [0.15, 0.2) is 0 Å². The van der Waals surface area contributed by atoms with Crippen LogP contribution < -0.4 is 0 Å². The third-order valence-electron chi connectivity index (χ3n) is 1.79. The highest BCUT2D eigenvalue weighted by Gasteiger charge is 2.31.